The van der Waals surface area contributed by atoms with Crippen LogP contribution in [0.1, 0.15) is 59.7 Å². The van der Waals surface area contributed by atoms with Gasteiger partial charge in [0.2, 0.25) is 0 Å². The number of imide groups is 1. The molecule has 8 heteroatoms. The third-order valence-electron chi connectivity index (χ3n) is 6.45. The second kappa shape index (κ2) is 9.65. The Kier molecular flexibility index (Phi) is 6.86. The zero-order chi connectivity index (χ0) is 23.7. The van der Waals surface area contributed by atoms with E-state index in [9.17, 15) is 19.2 Å². The second-order valence-electron chi connectivity index (χ2n) is 8.42. The number of rotatable bonds is 6. The Bertz CT molecular complexity index is 1080. The molecule has 1 aliphatic carbocycles. The minimum Gasteiger partial charge on any atom is -0.292 e. The number of carbonyl (C=O) groups excluding carboxylic acids is 4. The molecule has 0 spiro atoms. The molecule has 0 unspecified atom stereocenters. The van der Waals surface area contributed by atoms with E-state index in [0.29, 0.717) is 18.4 Å². The minimum absolute atomic E-state index is 0.138. The summed E-state index contributed by atoms with van der Waals surface area (Å²) in [7, 11) is 0. The summed E-state index contributed by atoms with van der Waals surface area (Å²) in [6, 6.07) is 11.8. The lowest BCUT2D eigenvalue weighted by molar-refractivity contribution is -0.156. The molecule has 33 heavy (non-hydrogen) atoms. The van der Waals surface area contributed by atoms with Crippen LogP contribution in [0.2, 0.25) is 10.0 Å². The summed E-state index contributed by atoms with van der Waals surface area (Å²) < 4.78 is 0. The van der Waals surface area contributed by atoms with Crippen molar-refractivity contribution in [1.29, 1.82) is 0 Å². The number of hydrogen-bond donors (Lipinski definition) is 0. The minimum atomic E-state index is -1.04. The molecule has 172 valence electrons. The molecule has 6 nitrogen and oxygen atoms in total. The van der Waals surface area contributed by atoms with Gasteiger partial charge in [0.15, 0.2) is 5.78 Å². The highest BCUT2D eigenvalue weighted by Gasteiger charge is 2.53. The number of fused-ring (bicyclic) bond motifs is 1. The molecule has 4 rings (SSSR count). The molecule has 3 atom stereocenters. The van der Waals surface area contributed by atoms with Gasteiger partial charge < -0.3 is 0 Å². The predicted molar refractivity (Wildman–Crippen MR) is 125 cm³/mol. The lowest BCUT2D eigenvalue weighted by Gasteiger charge is -2.36. The van der Waals surface area contributed by atoms with Crippen molar-refractivity contribution in [2.75, 3.05) is 0 Å². The van der Waals surface area contributed by atoms with Crippen LogP contribution < -0.4 is 0 Å². The number of hydrazine groups is 1. The molecule has 1 saturated heterocycles. The van der Waals surface area contributed by atoms with Crippen molar-refractivity contribution < 1.29 is 19.2 Å². The summed E-state index contributed by atoms with van der Waals surface area (Å²) in [6.45, 7) is 1.75. The van der Waals surface area contributed by atoms with Crippen LogP contribution in [-0.2, 0) is 9.59 Å². The maximum absolute atomic E-state index is 13.8. The summed E-state index contributed by atoms with van der Waals surface area (Å²) in [4.78, 5) is 54.0. The topological polar surface area (TPSA) is 74.8 Å². The number of Topliss-reactive ketones (excluding diaryl/α,β-unsaturated/α-hetero) is 1. The Morgan fingerprint density at radius 1 is 0.939 bits per heavy atom. The molecule has 0 bridgehead atoms. The molecule has 2 aromatic carbocycles. The fraction of sp³-hybridized carbons (Fsp3) is 0.360. The molecule has 2 aliphatic rings. The largest absolute Gasteiger partial charge is 0.292 e. The predicted octanol–water partition coefficient (Wildman–Crippen LogP) is 5.19. The molecule has 0 aromatic heterocycles. The van der Waals surface area contributed by atoms with Crippen LogP contribution >= 0.6 is 23.2 Å². The van der Waals surface area contributed by atoms with Crippen LogP contribution in [0.25, 0.3) is 0 Å². The Labute approximate surface area is 202 Å². The molecular formula is C25H24Cl2N2O4. The quantitative estimate of drug-likeness (QED) is 0.415. The lowest BCUT2D eigenvalue weighted by atomic mass is 9.81. The number of halogens is 2. The van der Waals surface area contributed by atoms with Crippen LogP contribution in [0.4, 0.5) is 0 Å². The molecule has 2 aromatic rings. The van der Waals surface area contributed by atoms with E-state index in [4.69, 9.17) is 23.2 Å². The van der Waals surface area contributed by atoms with Crippen molar-refractivity contribution >= 4 is 46.7 Å². The van der Waals surface area contributed by atoms with Crippen molar-refractivity contribution in [2.45, 2.75) is 45.1 Å². The van der Waals surface area contributed by atoms with Gasteiger partial charge in [-0.15, -0.1) is 0 Å². The van der Waals surface area contributed by atoms with Crippen molar-refractivity contribution in [3.8, 4) is 0 Å². The lowest BCUT2D eigenvalue weighted by Crippen LogP contribution is -2.57. The summed E-state index contributed by atoms with van der Waals surface area (Å²) in [5, 5.41) is 2.42. The highest BCUT2D eigenvalue weighted by molar-refractivity contribution is 6.42. The van der Waals surface area contributed by atoms with Crippen molar-refractivity contribution in [3.05, 3.63) is 69.7 Å². The number of nitrogens with zero attached hydrogens (tertiary/aromatic N) is 2. The van der Waals surface area contributed by atoms with Crippen LogP contribution in [0.5, 0.6) is 0 Å². The van der Waals surface area contributed by atoms with Gasteiger partial charge in [0.1, 0.15) is 6.04 Å². The normalized spacial score (nSPS) is 21.0. The van der Waals surface area contributed by atoms with Gasteiger partial charge in [0, 0.05) is 11.1 Å². The van der Waals surface area contributed by atoms with Crippen molar-refractivity contribution in [1.82, 2.24) is 10.0 Å². The number of hydrogen-bond acceptors (Lipinski definition) is 4. The molecule has 0 N–H and O–H groups in total. The monoisotopic (exact) mass is 486 g/mol. The van der Waals surface area contributed by atoms with E-state index in [1.54, 1.807) is 37.3 Å². The molecule has 0 radical (unpaired) electrons. The fourth-order valence-electron chi connectivity index (χ4n) is 4.75. The van der Waals surface area contributed by atoms with Gasteiger partial charge in [-0.05, 0) is 37.5 Å². The number of benzene rings is 2. The molecule has 1 aliphatic heterocycles. The zero-order valence-electron chi connectivity index (χ0n) is 18.2. The summed E-state index contributed by atoms with van der Waals surface area (Å²) in [6.07, 6.45) is 3.13. The highest BCUT2D eigenvalue weighted by atomic mass is 35.5. The SMILES string of the molecule is CC[C@H](C(=O)c1ccccc1)N(C(=O)c1ccc(Cl)c(Cl)c1)N1C(=O)[C@@H]2CCCC[C@H]2C1=O. The van der Waals surface area contributed by atoms with Crippen molar-refractivity contribution in [2.24, 2.45) is 11.8 Å². The zero-order valence-corrected chi connectivity index (χ0v) is 19.7. The fourth-order valence-corrected chi connectivity index (χ4v) is 5.05. The molecule has 1 heterocycles. The van der Waals surface area contributed by atoms with Gasteiger partial charge >= 0.3 is 0 Å². The Morgan fingerprint density at radius 3 is 2.09 bits per heavy atom. The summed E-state index contributed by atoms with van der Waals surface area (Å²) in [5.41, 5.74) is 0.534. The average Bonchev–Trinajstić information content (AvgIpc) is 3.09. The second-order valence-corrected chi connectivity index (χ2v) is 9.23. The van der Waals surface area contributed by atoms with E-state index < -0.39 is 35.6 Å². The summed E-state index contributed by atoms with van der Waals surface area (Å²) >= 11 is 12.1. The molecule has 3 amide bonds. The first-order valence-corrected chi connectivity index (χ1v) is 11.9. The third kappa shape index (κ3) is 4.30. The van der Waals surface area contributed by atoms with Gasteiger partial charge in [0.05, 0.1) is 21.9 Å². The smallest absolute Gasteiger partial charge is 0.273 e. The Hall–Kier alpha value is -2.70. The standard InChI is InChI=1S/C25H24Cl2N2O4/c1-2-21(22(30)15-8-4-3-5-9-15)28(23(31)16-12-13-19(26)20(27)14-16)29-24(32)17-10-6-7-11-18(17)25(29)33/h3-5,8-9,12-14,17-18,21H,2,6-7,10-11H2,1H3/t17-,18-,21-/m1/s1. The van der Waals surface area contributed by atoms with E-state index >= 15 is 0 Å². The first kappa shape index (κ1) is 23.5. The van der Waals surface area contributed by atoms with Gasteiger partial charge in [-0.3, -0.25) is 19.2 Å². The average molecular weight is 487 g/mol. The van der Waals surface area contributed by atoms with Crippen molar-refractivity contribution in [3.63, 3.8) is 0 Å². The van der Waals surface area contributed by atoms with Gasteiger partial charge in [0.25, 0.3) is 17.7 Å². The maximum atomic E-state index is 13.8. The van der Waals surface area contributed by atoms with Gasteiger partial charge in [-0.25, -0.2) is 5.01 Å². The van der Waals surface area contributed by atoms with Crippen LogP contribution in [0.3, 0.4) is 0 Å². The van der Waals surface area contributed by atoms with E-state index in [1.165, 1.54) is 18.2 Å². The van der Waals surface area contributed by atoms with Gasteiger partial charge in [-0.1, -0.05) is 73.3 Å². The van der Waals surface area contributed by atoms with Crippen LogP contribution in [0, 0.1) is 11.8 Å². The van der Waals surface area contributed by atoms with E-state index in [-0.39, 0.29) is 27.8 Å². The van der Waals surface area contributed by atoms with E-state index in [1.807, 2.05) is 0 Å². The first-order valence-electron chi connectivity index (χ1n) is 11.1. The van der Waals surface area contributed by atoms with E-state index in [2.05, 4.69) is 0 Å². The molecule has 1 saturated carbocycles. The molecule has 2 fully saturated rings. The maximum Gasteiger partial charge on any atom is 0.273 e. The van der Waals surface area contributed by atoms with E-state index in [0.717, 1.165) is 22.9 Å². The Morgan fingerprint density at radius 2 is 1.55 bits per heavy atom. The highest BCUT2D eigenvalue weighted by Crippen LogP contribution is 2.40. The number of carbonyl (C=O) groups is 4. The van der Waals surface area contributed by atoms with Gasteiger partial charge in [-0.2, -0.15) is 5.01 Å². The van der Waals surface area contributed by atoms with Crippen LogP contribution in [-0.4, -0.2) is 39.6 Å². The first-order chi connectivity index (χ1) is 15.8. The number of amides is 3. The van der Waals surface area contributed by atoms with Crippen LogP contribution in [0.15, 0.2) is 48.5 Å². The third-order valence-corrected chi connectivity index (χ3v) is 7.19. The molecular weight excluding hydrogens is 463 g/mol. The Balaban J connectivity index is 1.80. The summed E-state index contributed by atoms with van der Waals surface area (Å²) in [5.74, 6) is -2.75. The number of ketones is 1.